The number of aliphatic carboxylic acids is 1. The number of carboxylic acid groups (broad SMARTS) is 1. The minimum Gasteiger partial charge on any atom is -0.494 e. The first-order chi connectivity index (χ1) is 8.54. The van der Waals surface area contributed by atoms with Crippen LogP contribution < -0.4 is 4.74 Å². The molecular formula is C12H15N3O3. The number of aryl methyl sites for hydroxylation is 3. The second-order valence-electron chi connectivity index (χ2n) is 4.17. The average Bonchev–Trinajstić information content (AvgIpc) is 2.71. The standard InChI is InChI=1S/C12H15N3O3/c1-7-8(4-5-10(16)17)6-9(18-3)12-11(7)13-14-15(12)2/h6H,4-5H2,1-3H3,(H,16,17). The van der Waals surface area contributed by atoms with Crippen molar-refractivity contribution in [2.24, 2.45) is 7.05 Å². The third-order valence-corrected chi connectivity index (χ3v) is 3.03. The molecule has 0 amide bonds. The SMILES string of the molecule is COc1cc(CCC(=O)O)c(C)c2nnn(C)c12. The Kier molecular flexibility index (Phi) is 3.18. The van der Waals surface area contributed by atoms with Crippen molar-refractivity contribution in [3.63, 3.8) is 0 Å². The maximum atomic E-state index is 10.6. The van der Waals surface area contributed by atoms with E-state index in [4.69, 9.17) is 9.84 Å². The van der Waals surface area contributed by atoms with Gasteiger partial charge < -0.3 is 9.84 Å². The van der Waals surface area contributed by atoms with Gasteiger partial charge >= 0.3 is 5.97 Å². The minimum atomic E-state index is -0.812. The Morgan fingerprint density at radius 2 is 2.28 bits per heavy atom. The topological polar surface area (TPSA) is 77.2 Å². The van der Waals surface area contributed by atoms with Crippen LogP contribution in [0.4, 0.5) is 0 Å². The van der Waals surface area contributed by atoms with Crippen LogP contribution in [0.2, 0.25) is 0 Å². The van der Waals surface area contributed by atoms with Gasteiger partial charge in [-0.05, 0) is 30.5 Å². The van der Waals surface area contributed by atoms with Gasteiger partial charge in [0.1, 0.15) is 16.8 Å². The number of benzene rings is 1. The molecule has 1 aromatic heterocycles. The molecule has 2 aromatic rings. The highest BCUT2D eigenvalue weighted by atomic mass is 16.5. The van der Waals surface area contributed by atoms with Crippen LogP contribution in [0.5, 0.6) is 5.75 Å². The number of hydrogen-bond donors (Lipinski definition) is 1. The maximum Gasteiger partial charge on any atom is 0.303 e. The van der Waals surface area contributed by atoms with Gasteiger partial charge in [-0.2, -0.15) is 0 Å². The van der Waals surface area contributed by atoms with Crippen molar-refractivity contribution in [1.82, 2.24) is 15.0 Å². The molecule has 96 valence electrons. The largest absolute Gasteiger partial charge is 0.494 e. The molecule has 0 bridgehead atoms. The molecule has 0 aliphatic rings. The maximum absolute atomic E-state index is 10.6. The van der Waals surface area contributed by atoms with Crippen molar-refractivity contribution in [3.05, 3.63) is 17.2 Å². The van der Waals surface area contributed by atoms with Crippen molar-refractivity contribution in [2.75, 3.05) is 7.11 Å². The van der Waals surface area contributed by atoms with Crippen molar-refractivity contribution in [1.29, 1.82) is 0 Å². The highest BCUT2D eigenvalue weighted by molar-refractivity contribution is 5.85. The summed E-state index contributed by atoms with van der Waals surface area (Å²) in [4.78, 5) is 10.6. The molecule has 0 saturated carbocycles. The summed E-state index contributed by atoms with van der Waals surface area (Å²) < 4.78 is 6.98. The fourth-order valence-electron chi connectivity index (χ4n) is 2.03. The second kappa shape index (κ2) is 4.64. The van der Waals surface area contributed by atoms with Gasteiger partial charge in [0.25, 0.3) is 0 Å². The number of fused-ring (bicyclic) bond motifs is 1. The zero-order valence-electron chi connectivity index (χ0n) is 10.6. The molecule has 6 nitrogen and oxygen atoms in total. The van der Waals surface area contributed by atoms with Gasteiger partial charge in [0.2, 0.25) is 0 Å². The molecule has 1 N–H and O–H groups in total. The van der Waals surface area contributed by atoms with E-state index in [1.54, 1.807) is 18.8 Å². The number of nitrogens with zero attached hydrogens (tertiary/aromatic N) is 3. The highest BCUT2D eigenvalue weighted by Crippen LogP contribution is 2.29. The second-order valence-corrected chi connectivity index (χ2v) is 4.17. The molecule has 2 rings (SSSR count). The van der Waals surface area contributed by atoms with Gasteiger partial charge in [-0.1, -0.05) is 5.21 Å². The third-order valence-electron chi connectivity index (χ3n) is 3.03. The van der Waals surface area contributed by atoms with E-state index in [1.165, 1.54) is 0 Å². The van der Waals surface area contributed by atoms with Gasteiger partial charge in [-0.15, -0.1) is 5.10 Å². The van der Waals surface area contributed by atoms with Crippen LogP contribution in [0.3, 0.4) is 0 Å². The Bertz CT molecular complexity index is 604. The number of aromatic nitrogens is 3. The first kappa shape index (κ1) is 12.3. The van der Waals surface area contributed by atoms with Crippen LogP contribution >= 0.6 is 0 Å². The number of rotatable bonds is 4. The van der Waals surface area contributed by atoms with E-state index in [0.29, 0.717) is 12.2 Å². The predicted octanol–water partition coefficient (Wildman–Crippen LogP) is 1.30. The fourth-order valence-corrected chi connectivity index (χ4v) is 2.03. The monoisotopic (exact) mass is 249 g/mol. The van der Waals surface area contributed by atoms with E-state index in [1.807, 2.05) is 13.0 Å². The zero-order valence-corrected chi connectivity index (χ0v) is 10.6. The molecule has 0 saturated heterocycles. The molecule has 0 atom stereocenters. The Hall–Kier alpha value is -2.11. The summed E-state index contributed by atoms with van der Waals surface area (Å²) in [6, 6.07) is 1.87. The van der Waals surface area contributed by atoms with Gasteiger partial charge in [0.15, 0.2) is 0 Å². The molecule has 1 aromatic carbocycles. The first-order valence-electron chi connectivity index (χ1n) is 5.62. The molecule has 0 radical (unpaired) electrons. The Morgan fingerprint density at radius 1 is 1.56 bits per heavy atom. The normalized spacial score (nSPS) is 10.8. The van der Waals surface area contributed by atoms with Crippen LogP contribution in [0.15, 0.2) is 6.07 Å². The van der Waals surface area contributed by atoms with Crippen LogP contribution in [-0.2, 0) is 18.3 Å². The fraction of sp³-hybridized carbons (Fsp3) is 0.417. The number of carbonyl (C=O) groups is 1. The lowest BCUT2D eigenvalue weighted by molar-refractivity contribution is -0.136. The molecule has 0 unspecified atom stereocenters. The van der Waals surface area contributed by atoms with Gasteiger partial charge in [0, 0.05) is 13.5 Å². The van der Waals surface area contributed by atoms with E-state index in [2.05, 4.69) is 10.3 Å². The van der Waals surface area contributed by atoms with Gasteiger partial charge in [-0.25, -0.2) is 4.68 Å². The number of hydrogen-bond acceptors (Lipinski definition) is 4. The summed E-state index contributed by atoms with van der Waals surface area (Å²) in [5.41, 5.74) is 3.48. The summed E-state index contributed by atoms with van der Waals surface area (Å²) in [6.45, 7) is 1.92. The summed E-state index contributed by atoms with van der Waals surface area (Å²) >= 11 is 0. The van der Waals surface area contributed by atoms with Gasteiger partial charge in [-0.3, -0.25) is 4.79 Å². The van der Waals surface area contributed by atoms with Crippen molar-refractivity contribution in [2.45, 2.75) is 19.8 Å². The Balaban J connectivity index is 2.55. The number of carboxylic acids is 1. The molecule has 1 heterocycles. The number of ether oxygens (including phenoxy) is 1. The number of methoxy groups -OCH3 is 1. The van der Waals surface area contributed by atoms with Crippen LogP contribution in [0.25, 0.3) is 11.0 Å². The molecule has 0 spiro atoms. The molecular weight excluding hydrogens is 234 g/mol. The van der Waals surface area contributed by atoms with Crippen molar-refractivity contribution >= 4 is 17.0 Å². The van der Waals surface area contributed by atoms with Crippen molar-refractivity contribution < 1.29 is 14.6 Å². The van der Waals surface area contributed by atoms with Crippen molar-refractivity contribution in [3.8, 4) is 5.75 Å². The van der Waals surface area contributed by atoms with E-state index in [-0.39, 0.29) is 6.42 Å². The summed E-state index contributed by atoms with van der Waals surface area (Å²) in [5.74, 6) is -0.143. The first-order valence-corrected chi connectivity index (χ1v) is 5.62. The molecule has 18 heavy (non-hydrogen) atoms. The van der Waals surface area contributed by atoms with Crippen LogP contribution in [0.1, 0.15) is 17.5 Å². The lowest BCUT2D eigenvalue weighted by Gasteiger charge is -2.09. The molecule has 0 aliphatic carbocycles. The smallest absolute Gasteiger partial charge is 0.303 e. The Labute approximate surface area is 104 Å². The lowest BCUT2D eigenvalue weighted by atomic mass is 10.0. The van der Waals surface area contributed by atoms with Crippen LogP contribution in [0, 0.1) is 6.92 Å². The molecule has 6 heteroatoms. The van der Waals surface area contributed by atoms with E-state index < -0.39 is 5.97 Å². The molecule has 0 aliphatic heterocycles. The minimum absolute atomic E-state index is 0.0930. The third kappa shape index (κ3) is 2.01. The summed E-state index contributed by atoms with van der Waals surface area (Å²) in [5, 5.41) is 16.8. The predicted molar refractivity (Wildman–Crippen MR) is 65.8 cm³/mol. The Morgan fingerprint density at radius 3 is 2.89 bits per heavy atom. The highest BCUT2D eigenvalue weighted by Gasteiger charge is 2.15. The van der Waals surface area contributed by atoms with E-state index >= 15 is 0 Å². The average molecular weight is 249 g/mol. The van der Waals surface area contributed by atoms with Crippen LogP contribution in [-0.4, -0.2) is 33.2 Å². The summed E-state index contributed by atoms with van der Waals surface area (Å²) in [7, 11) is 3.38. The zero-order chi connectivity index (χ0) is 13.3. The molecule has 0 fully saturated rings. The van der Waals surface area contributed by atoms with E-state index in [9.17, 15) is 4.79 Å². The summed E-state index contributed by atoms with van der Waals surface area (Å²) in [6.07, 6.45) is 0.555. The lowest BCUT2D eigenvalue weighted by Crippen LogP contribution is -2.01. The van der Waals surface area contributed by atoms with Gasteiger partial charge in [0.05, 0.1) is 7.11 Å². The quantitative estimate of drug-likeness (QED) is 0.883. The van der Waals surface area contributed by atoms with E-state index in [0.717, 1.165) is 22.2 Å².